The fraction of sp³-hybridized carbons (Fsp3) is 0.290. The number of carboxylic acid groups (broad SMARTS) is 2. The van der Waals surface area contributed by atoms with E-state index in [9.17, 15) is 14.4 Å². The van der Waals surface area contributed by atoms with Gasteiger partial charge in [0.1, 0.15) is 6.10 Å². The van der Waals surface area contributed by atoms with Gasteiger partial charge in [-0.05, 0) is 49.4 Å². The highest BCUT2D eigenvalue weighted by molar-refractivity contribution is 5.97. The molecule has 2 N–H and O–H groups in total. The minimum Gasteiger partial charge on any atom is -0.462 e. The van der Waals surface area contributed by atoms with Crippen LogP contribution in [0, 0.1) is 0 Å². The maximum Gasteiger partial charge on any atom is 0.519 e. The lowest BCUT2D eigenvalue weighted by molar-refractivity contribution is 0.0143. The molecular weight excluding hydrogens is 532 g/mol. The van der Waals surface area contributed by atoms with E-state index in [-0.39, 0.29) is 12.6 Å². The molecule has 3 aromatic rings. The Morgan fingerprint density at radius 2 is 1.24 bits per heavy atom. The summed E-state index contributed by atoms with van der Waals surface area (Å²) < 4.78 is 19.2. The van der Waals surface area contributed by atoms with Crippen molar-refractivity contribution in [2.24, 2.45) is 0 Å². The Hall–Kier alpha value is -4.86. The third-order valence-electron chi connectivity index (χ3n) is 5.17. The van der Waals surface area contributed by atoms with Crippen molar-refractivity contribution in [3.05, 3.63) is 96.1 Å². The number of ether oxygens (including phenoxy) is 4. The summed E-state index contributed by atoms with van der Waals surface area (Å²) in [4.78, 5) is 42.9. The first kappa shape index (κ1) is 34.2. The zero-order valence-electron chi connectivity index (χ0n) is 23.4. The van der Waals surface area contributed by atoms with Crippen LogP contribution in [0.5, 0.6) is 0 Å². The first-order valence-electron chi connectivity index (χ1n) is 13.1. The molecule has 0 aliphatic heterocycles. The topological polar surface area (TPSA) is 146 Å². The number of rotatable bonds is 9. The fourth-order valence-corrected chi connectivity index (χ4v) is 3.45. The molecule has 3 aromatic carbocycles. The summed E-state index contributed by atoms with van der Waals surface area (Å²) in [6.07, 6.45) is -1.75. The van der Waals surface area contributed by atoms with Crippen LogP contribution < -0.4 is 0 Å². The fourth-order valence-electron chi connectivity index (χ4n) is 3.45. The van der Waals surface area contributed by atoms with Crippen LogP contribution in [0.1, 0.15) is 62.1 Å². The van der Waals surface area contributed by atoms with Gasteiger partial charge >= 0.3 is 24.4 Å². The van der Waals surface area contributed by atoms with Crippen molar-refractivity contribution < 1.29 is 48.3 Å². The Kier molecular flexibility index (Phi) is 16.8. The number of unbranched alkanes of at least 4 members (excludes halogenated alkanes) is 1. The molecule has 0 aliphatic carbocycles. The van der Waals surface area contributed by atoms with Crippen molar-refractivity contribution >= 4 is 24.4 Å². The van der Waals surface area contributed by atoms with E-state index in [0.717, 1.165) is 29.5 Å². The van der Waals surface area contributed by atoms with Gasteiger partial charge in [-0.1, -0.05) is 92.2 Å². The molecule has 0 bridgehead atoms. The smallest absolute Gasteiger partial charge is 0.462 e. The highest BCUT2D eigenvalue weighted by atomic mass is 16.8. The van der Waals surface area contributed by atoms with Crippen LogP contribution in [-0.4, -0.2) is 47.9 Å². The van der Waals surface area contributed by atoms with E-state index in [1.54, 1.807) is 13.0 Å². The van der Waals surface area contributed by atoms with Gasteiger partial charge in [-0.15, -0.1) is 0 Å². The number of carbonyl (C=O) groups is 4. The highest BCUT2D eigenvalue weighted by Gasteiger charge is 2.20. The Balaban J connectivity index is 0.000000366. The van der Waals surface area contributed by atoms with E-state index >= 15 is 0 Å². The van der Waals surface area contributed by atoms with Gasteiger partial charge < -0.3 is 29.2 Å². The van der Waals surface area contributed by atoms with Gasteiger partial charge in [-0.2, -0.15) is 0 Å². The van der Waals surface area contributed by atoms with E-state index in [1.165, 1.54) is 0 Å². The Morgan fingerprint density at radius 3 is 1.80 bits per heavy atom. The Morgan fingerprint density at radius 1 is 0.707 bits per heavy atom. The molecule has 1 unspecified atom stereocenters. The molecule has 220 valence electrons. The molecule has 3 rings (SSSR count). The number of benzene rings is 3. The lowest BCUT2D eigenvalue weighted by atomic mass is 10.00. The maximum absolute atomic E-state index is 11.8. The van der Waals surface area contributed by atoms with Crippen LogP contribution >= 0.6 is 0 Å². The first-order valence-corrected chi connectivity index (χ1v) is 13.1. The average Bonchev–Trinajstić information content (AvgIpc) is 2.96. The Labute approximate surface area is 239 Å². The van der Waals surface area contributed by atoms with Crippen LogP contribution in [0.25, 0.3) is 11.1 Å². The van der Waals surface area contributed by atoms with E-state index in [2.05, 4.69) is 16.4 Å². The summed E-state index contributed by atoms with van der Waals surface area (Å²) in [6.45, 7) is 6.02. The summed E-state index contributed by atoms with van der Waals surface area (Å²) in [6, 6.07) is 26.7. The number of esters is 1. The third-order valence-corrected chi connectivity index (χ3v) is 5.17. The highest BCUT2D eigenvalue weighted by Crippen LogP contribution is 2.25. The average molecular weight is 569 g/mol. The van der Waals surface area contributed by atoms with Crippen molar-refractivity contribution in [1.82, 2.24) is 0 Å². The Bertz CT molecular complexity index is 1190. The molecule has 41 heavy (non-hydrogen) atoms. The molecule has 0 saturated carbocycles. The van der Waals surface area contributed by atoms with E-state index in [4.69, 9.17) is 24.5 Å². The van der Waals surface area contributed by atoms with Crippen molar-refractivity contribution in [2.75, 3.05) is 13.2 Å². The van der Waals surface area contributed by atoms with Crippen LogP contribution in [0.4, 0.5) is 14.4 Å². The zero-order chi connectivity index (χ0) is 30.5. The monoisotopic (exact) mass is 568 g/mol. The molecule has 0 aliphatic rings. The molecular formula is C31H36O10. The second kappa shape index (κ2) is 20.1. The number of carbonyl (C=O) groups excluding carboxylic acids is 3. The molecule has 0 fully saturated rings. The number of hydrogen-bond donors (Lipinski definition) is 2. The molecule has 0 saturated heterocycles. The zero-order valence-corrected chi connectivity index (χ0v) is 23.4. The van der Waals surface area contributed by atoms with Gasteiger partial charge in [0, 0.05) is 0 Å². The molecule has 0 heterocycles. The molecule has 0 radical (unpaired) electrons. The minimum atomic E-state index is -1.83. The van der Waals surface area contributed by atoms with Gasteiger partial charge in [0.15, 0.2) is 0 Å². The normalized spacial score (nSPS) is 10.3. The largest absolute Gasteiger partial charge is 0.519 e. The van der Waals surface area contributed by atoms with Gasteiger partial charge in [-0.3, -0.25) is 0 Å². The summed E-state index contributed by atoms with van der Waals surface area (Å²) in [5.74, 6) is -0.271. The predicted molar refractivity (Wildman–Crippen MR) is 152 cm³/mol. The summed E-state index contributed by atoms with van der Waals surface area (Å²) in [5, 5.41) is 13.9. The lowest BCUT2D eigenvalue weighted by Gasteiger charge is -2.17. The van der Waals surface area contributed by atoms with Crippen LogP contribution in [-0.2, 0) is 18.9 Å². The quantitative estimate of drug-likeness (QED) is 0.148. The van der Waals surface area contributed by atoms with Crippen molar-refractivity contribution in [2.45, 2.75) is 46.1 Å². The SMILES string of the molecule is CCCCC(OC(=O)OC(=O)OCC)c1ccccc1.CCOC(=O)c1ccccc1-c1ccccc1.O=C(O)O. The lowest BCUT2D eigenvalue weighted by Crippen LogP contribution is -2.17. The molecule has 10 nitrogen and oxygen atoms in total. The summed E-state index contributed by atoms with van der Waals surface area (Å²) in [7, 11) is 0. The molecule has 10 heteroatoms. The van der Waals surface area contributed by atoms with E-state index < -0.39 is 24.6 Å². The maximum atomic E-state index is 11.8. The van der Waals surface area contributed by atoms with E-state index in [0.29, 0.717) is 18.6 Å². The van der Waals surface area contributed by atoms with Gasteiger partial charge in [0.2, 0.25) is 0 Å². The van der Waals surface area contributed by atoms with E-state index in [1.807, 2.05) is 85.8 Å². The van der Waals surface area contributed by atoms with Gasteiger partial charge in [-0.25, -0.2) is 19.2 Å². The molecule has 1 atom stereocenters. The third kappa shape index (κ3) is 14.2. The van der Waals surface area contributed by atoms with Crippen molar-refractivity contribution in [1.29, 1.82) is 0 Å². The minimum absolute atomic E-state index is 0.143. The number of hydrogen-bond acceptors (Lipinski definition) is 8. The van der Waals surface area contributed by atoms with Crippen molar-refractivity contribution in [3.63, 3.8) is 0 Å². The molecule has 0 amide bonds. The van der Waals surface area contributed by atoms with Gasteiger partial charge in [0.25, 0.3) is 0 Å². The molecule has 0 spiro atoms. The second-order valence-electron chi connectivity index (χ2n) is 8.11. The first-order chi connectivity index (χ1) is 19.7. The van der Waals surface area contributed by atoms with Crippen LogP contribution in [0.15, 0.2) is 84.9 Å². The van der Waals surface area contributed by atoms with Crippen LogP contribution in [0.3, 0.4) is 0 Å². The van der Waals surface area contributed by atoms with Crippen molar-refractivity contribution in [3.8, 4) is 11.1 Å². The molecule has 0 aromatic heterocycles. The van der Waals surface area contributed by atoms with Crippen LogP contribution in [0.2, 0.25) is 0 Å². The summed E-state index contributed by atoms with van der Waals surface area (Å²) >= 11 is 0. The predicted octanol–water partition coefficient (Wildman–Crippen LogP) is 7.98. The second-order valence-corrected chi connectivity index (χ2v) is 8.11. The van der Waals surface area contributed by atoms with Gasteiger partial charge in [0.05, 0.1) is 18.8 Å². The standard InChI is InChI=1S/C15H20O5.C15H14O2.CH2O3/c1-3-5-11-13(12-9-7-6-8-10-12)19-15(17)20-14(16)18-4-2;1-2-17-15(16)14-11-7-6-10-13(14)12-8-4-3-5-9-12;2-1(3)4/h6-10,13H,3-5,11H2,1-2H3;3-11H,2H2,1H3;(H2,2,3,4). The summed E-state index contributed by atoms with van der Waals surface area (Å²) in [5.41, 5.74) is 3.42.